The summed E-state index contributed by atoms with van der Waals surface area (Å²) in [5, 5.41) is 12.3. The van der Waals surface area contributed by atoms with Crippen molar-refractivity contribution in [3.8, 4) is 0 Å². The van der Waals surface area contributed by atoms with Crippen molar-refractivity contribution < 1.29 is 9.84 Å². The minimum absolute atomic E-state index is 0.240. The molecule has 1 fully saturated rings. The van der Waals surface area contributed by atoms with E-state index >= 15 is 0 Å². The van der Waals surface area contributed by atoms with Crippen molar-refractivity contribution in [2.75, 3.05) is 13.2 Å². The van der Waals surface area contributed by atoms with Crippen LogP contribution in [0.5, 0.6) is 0 Å². The molecule has 0 aromatic carbocycles. The molecule has 1 aliphatic rings. The molecular weight excluding hydrogens is 154 g/mol. The molecule has 72 valence electrons. The summed E-state index contributed by atoms with van der Waals surface area (Å²) in [4.78, 5) is 0. The lowest BCUT2D eigenvalue weighted by molar-refractivity contribution is -0.0119. The predicted molar refractivity (Wildman–Crippen MR) is 48.1 cm³/mol. The Morgan fingerprint density at radius 2 is 2.25 bits per heavy atom. The quantitative estimate of drug-likeness (QED) is 0.637. The fourth-order valence-electron chi connectivity index (χ4n) is 1.44. The van der Waals surface area contributed by atoms with Crippen LogP contribution in [0.3, 0.4) is 0 Å². The van der Waals surface area contributed by atoms with Gasteiger partial charge in [-0.05, 0) is 26.7 Å². The highest BCUT2D eigenvalue weighted by atomic mass is 16.5. The molecule has 0 aliphatic heterocycles. The number of aliphatic hydroxyl groups is 1. The average Bonchev–Trinajstić information content (AvgIpc) is 1.93. The molecule has 3 nitrogen and oxygen atoms in total. The van der Waals surface area contributed by atoms with Gasteiger partial charge in [0, 0.05) is 19.2 Å². The molecule has 2 N–H and O–H groups in total. The number of hydrogen-bond acceptors (Lipinski definition) is 3. The monoisotopic (exact) mass is 173 g/mol. The molecule has 0 bridgehead atoms. The van der Waals surface area contributed by atoms with Gasteiger partial charge in [-0.3, -0.25) is 0 Å². The van der Waals surface area contributed by atoms with Crippen molar-refractivity contribution in [3.05, 3.63) is 0 Å². The Kier molecular flexibility index (Phi) is 3.98. The van der Waals surface area contributed by atoms with E-state index in [1.807, 2.05) is 6.92 Å². The Balaban J connectivity index is 1.95. The summed E-state index contributed by atoms with van der Waals surface area (Å²) in [5.74, 6) is 0. The highest BCUT2D eigenvalue weighted by Gasteiger charge is 2.28. The predicted octanol–water partition coefficient (Wildman–Crippen LogP) is 0.524. The zero-order valence-corrected chi connectivity index (χ0v) is 7.92. The zero-order valence-electron chi connectivity index (χ0n) is 7.92. The van der Waals surface area contributed by atoms with Gasteiger partial charge in [-0.1, -0.05) is 0 Å². The van der Waals surface area contributed by atoms with Crippen molar-refractivity contribution in [1.82, 2.24) is 5.32 Å². The zero-order chi connectivity index (χ0) is 8.97. The lowest BCUT2D eigenvalue weighted by atomic mass is 9.89. The molecule has 0 radical (unpaired) electrons. The largest absolute Gasteiger partial charge is 0.392 e. The molecule has 1 saturated carbocycles. The molecule has 1 atom stereocenters. The molecule has 0 heterocycles. The van der Waals surface area contributed by atoms with E-state index in [0.29, 0.717) is 18.7 Å². The van der Waals surface area contributed by atoms with Crippen LogP contribution in [0.2, 0.25) is 0 Å². The van der Waals surface area contributed by atoms with Gasteiger partial charge in [-0.25, -0.2) is 0 Å². The summed E-state index contributed by atoms with van der Waals surface area (Å²) in [6.45, 7) is 5.33. The van der Waals surface area contributed by atoms with E-state index in [2.05, 4.69) is 5.32 Å². The van der Waals surface area contributed by atoms with Crippen molar-refractivity contribution >= 4 is 0 Å². The van der Waals surface area contributed by atoms with Gasteiger partial charge < -0.3 is 15.2 Å². The van der Waals surface area contributed by atoms with Crippen molar-refractivity contribution in [2.24, 2.45) is 0 Å². The van der Waals surface area contributed by atoms with Gasteiger partial charge in [0.2, 0.25) is 0 Å². The third-order valence-electron chi connectivity index (χ3n) is 2.20. The summed E-state index contributed by atoms with van der Waals surface area (Å²) in [6.07, 6.45) is 2.42. The third kappa shape index (κ3) is 3.09. The minimum Gasteiger partial charge on any atom is -0.392 e. The minimum atomic E-state index is -0.240. The summed E-state index contributed by atoms with van der Waals surface area (Å²) in [5.41, 5.74) is 0. The first-order chi connectivity index (χ1) is 5.72. The van der Waals surface area contributed by atoms with Crippen LogP contribution in [-0.4, -0.2) is 36.5 Å². The normalized spacial score (nSPS) is 31.2. The maximum atomic E-state index is 9.00. The van der Waals surface area contributed by atoms with E-state index in [1.165, 1.54) is 0 Å². The molecule has 1 aliphatic carbocycles. The molecule has 0 unspecified atom stereocenters. The second-order valence-corrected chi connectivity index (χ2v) is 3.50. The van der Waals surface area contributed by atoms with E-state index in [-0.39, 0.29) is 6.10 Å². The van der Waals surface area contributed by atoms with Gasteiger partial charge in [0.05, 0.1) is 12.2 Å². The molecule has 0 amide bonds. The summed E-state index contributed by atoms with van der Waals surface area (Å²) in [6, 6.07) is 0.566. The van der Waals surface area contributed by atoms with E-state index in [1.54, 1.807) is 6.92 Å². The Morgan fingerprint density at radius 1 is 1.58 bits per heavy atom. The van der Waals surface area contributed by atoms with Crippen LogP contribution >= 0.6 is 0 Å². The summed E-state index contributed by atoms with van der Waals surface area (Å²) in [7, 11) is 0. The van der Waals surface area contributed by atoms with Crippen LogP contribution in [0, 0.1) is 0 Å². The fraction of sp³-hybridized carbons (Fsp3) is 1.00. The van der Waals surface area contributed by atoms with Gasteiger partial charge in [0.15, 0.2) is 0 Å². The Labute approximate surface area is 74.1 Å². The molecule has 12 heavy (non-hydrogen) atoms. The first kappa shape index (κ1) is 9.96. The second kappa shape index (κ2) is 4.80. The molecular formula is C9H19NO2. The highest BCUT2D eigenvalue weighted by Crippen LogP contribution is 2.22. The van der Waals surface area contributed by atoms with E-state index < -0.39 is 0 Å². The van der Waals surface area contributed by atoms with Gasteiger partial charge in [0.1, 0.15) is 0 Å². The molecule has 3 heteroatoms. The first-order valence-electron chi connectivity index (χ1n) is 4.75. The average molecular weight is 173 g/mol. The van der Waals surface area contributed by atoms with E-state index in [9.17, 15) is 0 Å². The van der Waals surface area contributed by atoms with Crippen LogP contribution in [0.25, 0.3) is 0 Å². The SMILES string of the molecule is CCOC1CC(NC[C@@H](C)O)C1. The second-order valence-electron chi connectivity index (χ2n) is 3.50. The lowest BCUT2D eigenvalue weighted by Crippen LogP contribution is -2.47. The Hall–Kier alpha value is -0.120. The topological polar surface area (TPSA) is 41.5 Å². The maximum Gasteiger partial charge on any atom is 0.0636 e. The van der Waals surface area contributed by atoms with Crippen LogP contribution in [-0.2, 0) is 4.74 Å². The van der Waals surface area contributed by atoms with Gasteiger partial charge >= 0.3 is 0 Å². The Bertz CT molecular complexity index is 122. The number of hydrogen-bond donors (Lipinski definition) is 2. The molecule has 0 saturated heterocycles. The first-order valence-corrected chi connectivity index (χ1v) is 4.75. The van der Waals surface area contributed by atoms with Gasteiger partial charge in [-0.2, -0.15) is 0 Å². The number of aliphatic hydroxyl groups excluding tert-OH is 1. The van der Waals surface area contributed by atoms with Crippen molar-refractivity contribution in [1.29, 1.82) is 0 Å². The molecule has 0 aromatic heterocycles. The molecule has 0 aromatic rings. The fourth-order valence-corrected chi connectivity index (χ4v) is 1.44. The van der Waals surface area contributed by atoms with Gasteiger partial charge in [-0.15, -0.1) is 0 Å². The lowest BCUT2D eigenvalue weighted by Gasteiger charge is -2.35. The van der Waals surface area contributed by atoms with Crippen molar-refractivity contribution in [2.45, 2.75) is 44.9 Å². The molecule has 0 spiro atoms. The van der Waals surface area contributed by atoms with Gasteiger partial charge in [0.25, 0.3) is 0 Å². The number of ether oxygens (including phenoxy) is 1. The van der Waals surface area contributed by atoms with E-state index in [0.717, 1.165) is 19.4 Å². The smallest absolute Gasteiger partial charge is 0.0636 e. The summed E-state index contributed by atoms with van der Waals surface area (Å²) < 4.78 is 5.41. The third-order valence-corrected chi connectivity index (χ3v) is 2.20. The van der Waals surface area contributed by atoms with Crippen LogP contribution < -0.4 is 5.32 Å². The number of rotatable bonds is 5. The standard InChI is InChI=1S/C9H19NO2/c1-3-12-9-4-8(5-9)10-6-7(2)11/h7-11H,3-6H2,1-2H3/t7-,8?,9?/m1/s1. The van der Waals surface area contributed by atoms with Crippen LogP contribution in [0.1, 0.15) is 26.7 Å². The Morgan fingerprint density at radius 3 is 2.75 bits per heavy atom. The number of nitrogens with one attached hydrogen (secondary N) is 1. The highest BCUT2D eigenvalue weighted by molar-refractivity contribution is 4.86. The van der Waals surface area contributed by atoms with Crippen LogP contribution in [0.15, 0.2) is 0 Å². The van der Waals surface area contributed by atoms with Crippen LogP contribution in [0.4, 0.5) is 0 Å². The maximum absolute atomic E-state index is 9.00. The van der Waals surface area contributed by atoms with E-state index in [4.69, 9.17) is 9.84 Å². The molecule has 1 rings (SSSR count). The van der Waals surface area contributed by atoms with Crippen molar-refractivity contribution in [3.63, 3.8) is 0 Å². The summed E-state index contributed by atoms with van der Waals surface area (Å²) >= 11 is 0.